The monoisotopic (exact) mass is 1080 g/mol. The second-order valence-corrected chi connectivity index (χ2v) is 21.4. The van der Waals surface area contributed by atoms with Crippen molar-refractivity contribution in [3.05, 3.63) is 139 Å². The molecule has 0 bridgehead atoms. The number of rotatable bonds is 20. The highest BCUT2D eigenvalue weighted by Gasteiger charge is 2.22. The number of aromatic nitrogens is 3. The van der Waals surface area contributed by atoms with Crippen molar-refractivity contribution in [3.63, 3.8) is 0 Å². The zero-order valence-electron chi connectivity index (χ0n) is 40.2. The van der Waals surface area contributed by atoms with Crippen molar-refractivity contribution in [1.29, 1.82) is 0 Å². The summed E-state index contributed by atoms with van der Waals surface area (Å²) in [6.07, 6.45) is 0. The highest BCUT2D eigenvalue weighted by molar-refractivity contribution is 7.98. The molecule has 0 fully saturated rings. The van der Waals surface area contributed by atoms with Crippen molar-refractivity contribution in [2.24, 2.45) is 20.5 Å². The molecule has 24 heteroatoms. The van der Waals surface area contributed by atoms with Crippen molar-refractivity contribution in [3.8, 4) is 0 Å². The van der Waals surface area contributed by atoms with Crippen molar-refractivity contribution in [2.45, 2.75) is 53.3 Å². The van der Waals surface area contributed by atoms with E-state index in [1.165, 1.54) is 30.3 Å². The second kappa shape index (κ2) is 22.3. The van der Waals surface area contributed by atoms with E-state index >= 15 is 0 Å². The summed E-state index contributed by atoms with van der Waals surface area (Å²) in [5, 5.41) is 26.8. The molecule has 382 valence electrons. The van der Waals surface area contributed by atoms with Crippen LogP contribution >= 0.6 is 11.8 Å². The van der Waals surface area contributed by atoms with Crippen LogP contribution in [0.25, 0.3) is 21.5 Å². The fourth-order valence-corrected chi connectivity index (χ4v) is 10.6. The fraction of sp³-hybridized carbons (Fsp3) is 0.180. The summed E-state index contributed by atoms with van der Waals surface area (Å²) in [6, 6.07) is 36.0. The van der Waals surface area contributed by atoms with Crippen LogP contribution in [-0.4, -0.2) is 80.0 Å². The van der Waals surface area contributed by atoms with E-state index in [-0.39, 0.29) is 50.5 Å². The van der Waals surface area contributed by atoms with Crippen LogP contribution in [0.3, 0.4) is 0 Å². The normalized spacial score (nSPS) is 12.3. The molecule has 74 heavy (non-hydrogen) atoms. The fourth-order valence-electron chi connectivity index (χ4n) is 8.01. The summed E-state index contributed by atoms with van der Waals surface area (Å²) in [4.78, 5) is 17.3. The molecular weight excluding hydrogens is 1030 g/mol. The molecule has 0 aliphatic rings. The van der Waals surface area contributed by atoms with Gasteiger partial charge in [0.05, 0.1) is 16.3 Å². The number of fused-ring (bicyclic) bond motifs is 2. The van der Waals surface area contributed by atoms with Crippen LogP contribution in [0.1, 0.15) is 33.3 Å². The van der Waals surface area contributed by atoms with E-state index in [2.05, 4.69) is 40.9 Å². The third-order valence-corrected chi connectivity index (χ3v) is 15.2. The van der Waals surface area contributed by atoms with Crippen LogP contribution in [0, 0.1) is 0 Å². The van der Waals surface area contributed by atoms with E-state index in [1.54, 1.807) is 91.0 Å². The average Bonchev–Trinajstić information content (AvgIpc) is 3.37. The molecule has 0 atom stereocenters. The molecule has 0 saturated heterocycles. The van der Waals surface area contributed by atoms with Gasteiger partial charge in [0, 0.05) is 54.1 Å². The Balaban J connectivity index is 1.26. The van der Waals surface area contributed by atoms with Crippen LogP contribution in [0.2, 0.25) is 0 Å². The van der Waals surface area contributed by atoms with Crippen molar-refractivity contribution < 1.29 is 38.9 Å². The van der Waals surface area contributed by atoms with Crippen LogP contribution in [0.4, 0.5) is 57.4 Å². The predicted molar refractivity (Wildman–Crippen MR) is 288 cm³/mol. The molecule has 0 radical (unpaired) electrons. The van der Waals surface area contributed by atoms with Gasteiger partial charge in [0.2, 0.25) is 11.9 Å². The van der Waals surface area contributed by atoms with Crippen LogP contribution in [-0.2, 0) is 36.1 Å². The number of azo groups is 2. The first kappa shape index (κ1) is 52.9. The maximum atomic E-state index is 12.6. The zero-order chi connectivity index (χ0) is 52.8. The number of anilines is 6. The first-order valence-corrected chi connectivity index (χ1v) is 28.3. The minimum atomic E-state index is -4.74. The lowest BCUT2D eigenvalue weighted by atomic mass is 10.1. The van der Waals surface area contributed by atoms with Gasteiger partial charge in [0.1, 0.15) is 32.5 Å². The van der Waals surface area contributed by atoms with E-state index in [1.807, 2.05) is 39.8 Å². The number of hydrogen-bond donors (Lipinski definition) is 5. The number of nitrogens with one attached hydrogen (secondary N) is 2. The van der Waals surface area contributed by atoms with Gasteiger partial charge in [-0.25, -0.2) is 0 Å². The molecule has 20 nitrogen and oxygen atoms in total. The molecule has 1 aromatic heterocycles. The molecule has 8 rings (SSSR count). The van der Waals surface area contributed by atoms with E-state index in [0.717, 1.165) is 23.1 Å². The molecule has 0 aliphatic heterocycles. The summed E-state index contributed by atoms with van der Waals surface area (Å²) in [7, 11) is -14.0. The lowest BCUT2D eigenvalue weighted by Gasteiger charge is -2.22. The van der Waals surface area contributed by atoms with Crippen LogP contribution in [0.15, 0.2) is 174 Å². The van der Waals surface area contributed by atoms with E-state index in [0.29, 0.717) is 64.7 Å². The Hall–Kier alpha value is -7.45. The largest absolute Gasteiger partial charge is 0.372 e. The Morgan fingerprint density at radius 3 is 1.39 bits per heavy atom. The Kier molecular flexibility index (Phi) is 16.0. The number of benzene rings is 7. The molecule has 1 heterocycles. The van der Waals surface area contributed by atoms with Gasteiger partial charge >= 0.3 is 0 Å². The highest BCUT2D eigenvalue weighted by atomic mass is 32.2. The lowest BCUT2D eigenvalue weighted by Crippen LogP contribution is -2.21. The standard InChI is InChI=1S/C50H49N11O9S4/c1-5-60(6-2)35-22-24-40(56-58-46-38-18-11-9-15-33(38)20-26-44(46)73(65,66)67)42(29-35)51-48-53-49(55-50(54-48)71-31-32-14-13-17-37(28-32)72(62,63)64)52-43-30-36(61(7-3)8-4)23-25-41(43)57-59-47-39-19-12-10-16-34(39)21-27-45(47)74(68,69)70/h9-30H,5-8,31H2,1-4H3,(H,62,63,64)(H,65,66,67)(H,68,69,70)(H2,51,52,53,54,55). The van der Waals surface area contributed by atoms with E-state index in [4.69, 9.17) is 15.0 Å². The SMILES string of the molecule is CCN(CC)c1ccc(N=Nc2c(S(=O)(=O)O)ccc3ccccc23)c(Nc2nc(Nc3cc(N(CC)CC)ccc3N=Nc3c(S(=O)(=O)O)ccc4ccccc34)nc(SCc3cccc(S(=O)(=O)O)c3)n2)c1. The Bertz CT molecular complexity index is 3610. The first-order valence-electron chi connectivity index (χ1n) is 23.0. The minimum Gasteiger partial charge on any atom is -0.372 e. The van der Waals surface area contributed by atoms with Gasteiger partial charge < -0.3 is 20.4 Å². The van der Waals surface area contributed by atoms with Gasteiger partial charge in [-0.05, 0) is 105 Å². The Labute approximate surface area is 432 Å². The first-order chi connectivity index (χ1) is 35.4. The van der Waals surface area contributed by atoms with Gasteiger partial charge in [0.25, 0.3) is 30.4 Å². The topological polar surface area (TPSA) is 282 Å². The van der Waals surface area contributed by atoms with Gasteiger partial charge in [-0.15, -0.1) is 20.5 Å². The average molecular weight is 1080 g/mol. The summed E-state index contributed by atoms with van der Waals surface area (Å²) >= 11 is 1.13. The molecular formula is C50H49N11O9S4. The minimum absolute atomic E-state index is 0.00903. The third-order valence-electron chi connectivity index (χ3n) is 11.7. The molecule has 0 saturated carbocycles. The predicted octanol–water partition coefficient (Wildman–Crippen LogP) is 12.2. The van der Waals surface area contributed by atoms with Crippen molar-refractivity contribution >= 4 is 121 Å². The van der Waals surface area contributed by atoms with Gasteiger partial charge in [-0.2, -0.15) is 40.2 Å². The number of nitrogens with zero attached hydrogens (tertiary/aromatic N) is 9. The third kappa shape index (κ3) is 12.3. The summed E-state index contributed by atoms with van der Waals surface area (Å²) < 4.78 is 105. The van der Waals surface area contributed by atoms with Gasteiger partial charge in [-0.3, -0.25) is 13.7 Å². The van der Waals surface area contributed by atoms with E-state index < -0.39 is 40.1 Å². The smallest absolute Gasteiger partial charge is 0.296 e. The maximum Gasteiger partial charge on any atom is 0.296 e. The summed E-state index contributed by atoms with van der Waals surface area (Å²) in [6.45, 7) is 10.6. The molecule has 7 aromatic carbocycles. The molecule has 0 aliphatic carbocycles. The molecule has 0 spiro atoms. The lowest BCUT2D eigenvalue weighted by molar-refractivity contribution is 0.481. The summed E-state index contributed by atoms with van der Waals surface area (Å²) in [5.41, 5.74) is 3.06. The summed E-state index contributed by atoms with van der Waals surface area (Å²) in [5.74, 6) is 0.123. The van der Waals surface area contributed by atoms with Crippen LogP contribution in [0.5, 0.6) is 0 Å². The van der Waals surface area contributed by atoms with Crippen molar-refractivity contribution in [2.75, 3.05) is 46.6 Å². The quantitative estimate of drug-likeness (QED) is 0.0269. The van der Waals surface area contributed by atoms with E-state index in [9.17, 15) is 38.9 Å². The number of hydrogen-bond acceptors (Lipinski definition) is 18. The maximum absolute atomic E-state index is 12.6. The number of thioether (sulfide) groups is 1. The van der Waals surface area contributed by atoms with Crippen molar-refractivity contribution in [1.82, 2.24) is 15.0 Å². The molecule has 0 amide bonds. The zero-order valence-corrected chi connectivity index (χ0v) is 43.5. The Morgan fingerprint density at radius 2 is 0.959 bits per heavy atom. The molecule has 8 aromatic rings. The van der Waals surface area contributed by atoms with Crippen LogP contribution < -0.4 is 20.4 Å². The molecule has 5 N–H and O–H groups in total. The van der Waals surface area contributed by atoms with Gasteiger partial charge in [-0.1, -0.05) is 84.6 Å². The van der Waals surface area contributed by atoms with Gasteiger partial charge in [0.15, 0.2) is 5.16 Å². The second-order valence-electron chi connectivity index (χ2n) is 16.3. The molecule has 0 unspecified atom stereocenters. The Morgan fingerprint density at radius 1 is 0.500 bits per heavy atom. The highest BCUT2D eigenvalue weighted by Crippen LogP contribution is 2.40.